The summed E-state index contributed by atoms with van der Waals surface area (Å²) >= 11 is 6.22. The number of ether oxygens (including phenoxy) is 2. The molecule has 2 aromatic rings. The quantitative estimate of drug-likeness (QED) is 0.758. The summed E-state index contributed by atoms with van der Waals surface area (Å²) in [5.41, 5.74) is 0.987. The summed E-state index contributed by atoms with van der Waals surface area (Å²) in [7, 11) is 0. The molecule has 140 valence electrons. The second-order valence-corrected chi connectivity index (χ2v) is 6.46. The molecule has 0 aliphatic carbocycles. The zero-order valence-electron chi connectivity index (χ0n) is 14.7. The molecule has 1 aliphatic rings. The van der Waals surface area contributed by atoms with E-state index in [2.05, 4.69) is 22.4 Å². The van der Waals surface area contributed by atoms with Crippen molar-refractivity contribution in [2.45, 2.75) is 39.0 Å². The van der Waals surface area contributed by atoms with Crippen molar-refractivity contribution in [2.75, 3.05) is 19.8 Å². The van der Waals surface area contributed by atoms with E-state index in [0.717, 1.165) is 18.4 Å². The van der Waals surface area contributed by atoms with Gasteiger partial charge in [-0.05, 0) is 30.5 Å². The lowest BCUT2D eigenvalue weighted by Gasteiger charge is -2.20. The lowest BCUT2D eigenvalue weighted by atomic mass is 10.1. The lowest BCUT2D eigenvalue weighted by Crippen LogP contribution is -2.26. The van der Waals surface area contributed by atoms with Gasteiger partial charge >= 0.3 is 0 Å². The number of nitrogens with zero attached hydrogens (tertiary/aromatic N) is 2. The number of aryl methyl sites for hydroxylation is 2. The number of benzene rings is 1. The molecule has 0 atom stereocenters. The molecule has 0 saturated heterocycles. The van der Waals surface area contributed by atoms with Crippen LogP contribution in [0.15, 0.2) is 16.7 Å². The predicted octanol–water partition coefficient (Wildman–Crippen LogP) is 2.74. The van der Waals surface area contributed by atoms with Crippen molar-refractivity contribution in [1.29, 1.82) is 0 Å². The van der Waals surface area contributed by atoms with Crippen LogP contribution >= 0.6 is 11.6 Å². The Morgan fingerprint density at radius 1 is 1.23 bits per heavy atom. The molecule has 0 fully saturated rings. The topological polar surface area (TPSA) is 86.5 Å². The fourth-order valence-electron chi connectivity index (χ4n) is 2.68. The van der Waals surface area contributed by atoms with Crippen LogP contribution in [0, 0.1) is 0 Å². The maximum atomic E-state index is 12.0. The molecule has 7 nitrogen and oxygen atoms in total. The molecule has 2 heterocycles. The van der Waals surface area contributed by atoms with Crippen molar-refractivity contribution >= 4 is 17.5 Å². The van der Waals surface area contributed by atoms with Crippen LogP contribution in [0.4, 0.5) is 0 Å². The highest BCUT2D eigenvalue weighted by Crippen LogP contribution is 2.38. The maximum absolute atomic E-state index is 12.0. The minimum Gasteiger partial charge on any atom is -0.486 e. The highest BCUT2D eigenvalue weighted by Gasteiger charge is 2.16. The Kier molecular flexibility index (Phi) is 6.33. The highest BCUT2D eigenvalue weighted by atomic mass is 35.5. The van der Waals surface area contributed by atoms with Gasteiger partial charge in [-0.25, -0.2) is 0 Å². The number of rotatable bonds is 8. The highest BCUT2D eigenvalue weighted by molar-refractivity contribution is 6.32. The zero-order valence-corrected chi connectivity index (χ0v) is 15.5. The number of hydrogen-bond donors (Lipinski definition) is 1. The summed E-state index contributed by atoms with van der Waals surface area (Å²) in [6.07, 6.45) is 3.16. The molecule has 0 bridgehead atoms. The molecule has 1 amide bonds. The summed E-state index contributed by atoms with van der Waals surface area (Å²) in [4.78, 5) is 16.2. The molecular weight excluding hydrogens is 358 g/mol. The maximum Gasteiger partial charge on any atom is 0.227 e. The Balaban J connectivity index is 1.42. The van der Waals surface area contributed by atoms with Crippen LogP contribution in [0.1, 0.15) is 37.0 Å². The fraction of sp³-hybridized carbons (Fsp3) is 0.500. The molecule has 0 spiro atoms. The number of hydrogen-bond acceptors (Lipinski definition) is 6. The van der Waals surface area contributed by atoms with Gasteiger partial charge in [-0.15, -0.1) is 0 Å². The second-order valence-electron chi connectivity index (χ2n) is 6.06. The normalized spacial score (nSPS) is 12.8. The first kappa shape index (κ1) is 18.5. The van der Waals surface area contributed by atoms with Crippen molar-refractivity contribution in [3.8, 4) is 11.5 Å². The number of amides is 1. The average Bonchev–Trinajstić information content (AvgIpc) is 3.08. The number of carbonyl (C=O) groups is 1. The minimum atomic E-state index is -0.0520. The van der Waals surface area contributed by atoms with Crippen LogP contribution in [0.2, 0.25) is 5.02 Å². The molecule has 3 rings (SSSR count). The lowest BCUT2D eigenvalue weighted by molar-refractivity contribution is -0.121. The van der Waals surface area contributed by atoms with E-state index in [1.807, 2.05) is 12.1 Å². The van der Waals surface area contributed by atoms with Gasteiger partial charge in [0.15, 0.2) is 17.3 Å². The van der Waals surface area contributed by atoms with Crippen LogP contribution in [-0.4, -0.2) is 35.8 Å². The smallest absolute Gasteiger partial charge is 0.227 e. The molecule has 8 heteroatoms. The largest absolute Gasteiger partial charge is 0.486 e. The Morgan fingerprint density at radius 3 is 2.92 bits per heavy atom. The first-order valence-corrected chi connectivity index (χ1v) is 9.19. The SMILES string of the molecule is CCCc1noc(CCC(=O)NCCc2cc(Cl)c3c(c2)OCCO3)n1. The van der Waals surface area contributed by atoms with Crippen molar-refractivity contribution in [2.24, 2.45) is 0 Å². The molecule has 1 aliphatic heterocycles. The third-order valence-corrected chi connectivity index (χ3v) is 4.22. The van der Waals surface area contributed by atoms with E-state index in [1.54, 1.807) is 0 Å². The number of halogens is 1. The molecule has 1 N–H and O–H groups in total. The van der Waals surface area contributed by atoms with Crippen LogP contribution < -0.4 is 14.8 Å². The molecular formula is C18H22ClN3O4. The van der Waals surface area contributed by atoms with E-state index in [9.17, 15) is 4.79 Å². The second kappa shape index (κ2) is 8.89. The van der Waals surface area contributed by atoms with Gasteiger partial charge < -0.3 is 19.3 Å². The van der Waals surface area contributed by atoms with Gasteiger partial charge in [0.2, 0.25) is 11.8 Å². The van der Waals surface area contributed by atoms with E-state index >= 15 is 0 Å². The van der Waals surface area contributed by atoms with E-state index in [-0.39, 0.29) is 5.91 Å². The molecule has 0 radical (unpaired) electrons. The van der Waals surface area contributed by atoms with Crippen LogP contribution in [-0.2, 0) is 24.1 Å². The molecule has 0 unspecified atom stereocenters. The Hall–Kier alpha value is -2.28. The van der Waals surface area contributed by atoms with Crippen molar-refractivity contribution < 1.29 is 18.8 Å². The third-order valence-electron chi connectivity index (χ3n) is 3.94. The Bertz CT molecular complexity index is 763. The van der Waals surface area contributed by atoms with Gasteiger partial charge in [0.05, 0.1) is 5.02 Å². The first-order valence-electron chi connectivity index (χ1n) is 8.82. The van der Waals surface area contributed by atoms with Crippen molar-refractivity contribution in [1.82, 2.24) is 15.5 Å². The first-order chi connectivity index (χ1) is 12.7. The van der Waals surface area contributed by atoms with E-state index in [1.165, 1.54) is 0 Å². The predicted molar refractivity (Wildman–Crippen MR) is 95.8 cm³/mol. The zero-order chi connectivity index (χ0) is 18.4. The van der Waals surface area contributed by atoms with Crippen molar-refractivity contribution in [3.63, 3.8) is 0 Å². The Morgan fingerprint density at radius 2 is 2.08 bits per heavy atom. The van der Waals surface area contributed by atoms with Crippen LogP contribution in [0.25, 0.3) is 0 Å². The average molecular weight is 380 g/mol. The number of fused-ring (bicyclic) bond motifs is 1. The standard InChI is InChI=1S/C18H22ClN3O4/c1-2-3-15-21-17(26-22-15)5-4-16(23)20-7-6-12-10-13(19)18-14(11-12)24-8-9-25-18/h10-11H,2-9H2,1H3,(H,20,23). The van der Waals surface area contributed by atoms with Gasteiger partial charge in [-0.2, -0.15) is 4.98 Å². The number of aromatic nitrogens is 2. The fourth-order valence-corrected chi connectivity index (χ4v) is 2.97. The van der Waals surface area contributed by atoms with E-state index < -0.39 is 0 Å². The van der Waals surface area contributed by atoms with Gasteiger partial charge in [0.1, 0.15) is 13.2 Å². The van der Waals surface area contributed by atoms with Crippen LogP contribution in [0.5, 0.6) is 11.5 Å². The minimum absolute atomic E-state index is 0.0520. The molecule has 26 heavy (non-hydrogen) atoms. The van der Waals surface area contributed by atoms with Crippen LogP contribution in [0.3, 0.4) is 0 Å². The monoisotopic (exact) mass is 379 g/mol. The number of carbonyl (C=O) groups excluding carboxylic acids is 1. The molecule has 0 saturated carbocycles. The summed E-state index contributed by atoms with van der Waals surface area (Å²) in [6.45, 7) is 3.58. The summed E-state index contributed by atoms with van der Waals surface area (Å²) < 4.78 is 16.2. The molecule has 1 aromatic heterocycles. The van der Waals surface area contributed by atoms with Crippen molar-refractivity contribution in [3.05, 3.63) is 34.4 Å². The Labute approximate surface area is 157 Å². The third kappa shape index (κ3) is 4.88. The molecule has 1 aromatic carbocycles. The van der Waals surface area contributed by atoms with Gasteiger partial charge in [-0.3, -0.25) is 4.79 Å². The van der Waals surface area contributed by atoms with E-state index in [4.69, 9.17) is 25.6 Å². The summed E-state index contributed by atoms with van der Waals surface area (Å²) in [5.74, 6) is 2.39. The van der Waals surface area contributed by atoms with Gasteiger partial charge in [-0.1, -0.05) is 23.7 Å². The summed E-state index contributed by atoms with van der Waals surface area (Å²) in [5, 5.41) is 7.30. The van der Waals surface area contributed by atoms with E-state index in [0.29, 0.717) is 67.3 Å². The number of nitrogens with one attached hydrogen (secondary N) is 1. The summed E-state index contributed by atoms with van der Waals surface area (Å²) in [6, 6.07) is 3.75. The van der Waals surface area contributed by atoms with Gasteiger partial charge in [0, 0.05) is 25.8 Å². The van der Waals surface area contributed by atoms with Gasteiger partial charge in [0.25, 0.3) is 0 Å².